The van der Waals surface area contributed by atoms with E-state index in [4.69, 9.17) is 4.42 Å². The second kappa shape index (κ2) is 7.05. The number of aromatic nitrogens is 3. The molecular weight excluding hydrogens is 322 g/mol. The van der Waals surface area contributed by atoms with Gasteiger partial charge >= 0.3 is 0 Å². The molecule has 5 nitrogen and oxygen atoms in total. The molecule has 0 aliphatic rings. The molecule has 0 atom stereocenters. The van der Waals surface area contributed by atoms with Crippen LogP contribution in [-0.2, 0) is 6.54 Å². The lowest BCUT2D eigenvalue weighted by Crippen LogP contribution is -2.07. The average Bonchev–Trinajstić information content (AvgIpc) is 3.21. The van der Waals surface area contributed by atoms with Gasteiger partial charge in [0.05, 0.1) is 12.0 Å². The lowest BCUT2D eigenvalue weighted by Gasteiger charge is -2.07. The molecule has 0 radical (unpaired) electrons. The first kappa shape index (κ1) is 16.5. The SMILES string of the molecule is CCn1c(SCC(=O)c2ccc(C)cc2C)nnc1-c1ccco1. The fourth-order valence-electron chi connectivity index (χ4n) is 2.60. The Bertz CT molecular complexity index is 853. The molecule has 124 valence electrons. The van der Waals surface area contributed by atoms with E-state index in [9.17, 15) is 4.79 Å². The zero-order valence-electron chi connectivity index (χ0n) is 13.9. The summed E-state index contributed by atoms with van der Waals surface area (Å²) in [6.45, 7) is 6.72. The average molecular weight is 341 g/mol. The molecule has 2 aromatic heterocycles. The Morgan fingerprint density at radius 3 is 2.75 bits per heavy atom. The Balaban J connectivity index is 1.76. The quantitative estimate of drug-likeness (QED) is 0.498. The van der Waals surface area contributed by atoms with Gasteiger partial charge in [-0.15, -0.1) is 10.2 Å². The van der Waals surface area contributed by atoms with Gasteiger partial charge in [0, 0.05) is 12.1 Å². The number of hydrogen-bond donors (Lipinski definition) is 0. The number of thioether (sulfide) groups is 1. The molecule has 0 aliphatic carbocycles. The van der Waals surface area contributed by atoms with Crippen molar-refractivity contribution in [3.05, 3.63) is 53.3 Å². The molecule has 1 aromatic carbocycles. The minimum Gasteiger partial charge on any atom is -0.461 e. The summed E-state index contributed by atoms with van der Waals surface area (Å²) in [6.07, 6.45) is 1.61. The van der Waals surface area contributed by atoms with Gasteiger partial charge in [-0.05, 0) is 38.5 Å². The van der Waals surface area contributed by atoms with E-state index in [0.717, 1.165) is 21.8 Å². The van der Waals surface area contributed by atoms with Crippen molar-refractivity contribution in [1.82, 2.24) is 14.8 Å². The first-order chi connectivity index (χ1) is 11.6. The van der Waals surface area contributed by atoms with Crippen LogP contribution in [0.1, 0.15) is 28.4 Å². The van der Waals surface area contributed by atoms with E-state index in [1.54, 1.807) is 6.26 Å². The second-order valence-corrected chi connectivity index (χ2v) is 6.50. The summed E-state index contributed by atoms with van der Waals surface area (Å²) < 4.78 is 7.35. The van der Waals surface area contributed by atoms with Crippen molar-refractivity contribution in [2.75, 3.05) is 5.75 Å². The molecule has 3 aromatic rings. The van der Waals surface area contributed by atoms with E-state index in [1.165, 1.54) is 11.8 Å². The first-order valence-electron chi connectivity index (χ1n) is 7.80. The molecule has 0 spiro atoms. The maximum absolute atomic E-state index is 12.5. The zero-order chi connectivity index (χ0) is 17.1. The van der Waals surface area contributed by atoms with Crippen molar-refractivity contribution in [3.63, 3.8) is 0 Å². The summed E-state index contributed by atoms with van der Waals surface area (Å²) >= 11 is 1.40. The number of carbonyl (C=O) groups is 1. The minimum absolute atomic E-state index is 0.0997. The van der Waals surface area contributed by atoms with Gasteiger partial charge in [-0.1, -0.05) is 35.5 Å². The summed E-state index contributed by atoms with van der Waals surface area (Å²) in [5, 5.41) is 9.13. The highest BCUT2D eigenvalue weighted by Crippen LogP contribution is 2.25. The van der Waals surface area contributed by atoms with Gasteiger partial charge < -0.3 is 4.42 Å². The molecule has 3 rings (SSSR count). The molecule has 0 N–H and O–H groups in total. The van der Waals surface area contributed by atoms with E-state index in [-0.39, 0.29) is 5.78 Å². The summed E-state index contributed by atoms with van der Waals surface area (Å²) in [5.41, 5.74) is 2.93. The lowest BCUT2D eigenvalue weighted by molar-refractivity contribution is 0.102. The van der Waals surface area contributed by atoms with Crippen LogP contribution in [0.2, 0.25) is 0 Å². The maximum Gasteiger partial charge on any atom is 0.200 e. The fraction of sp³-hybridized carbons (Fsp3) is 0.278. The molecule has 0 aliphatic heterocycles. The van der Waals surface area contributed by atoms with Gasteiger partial charge in [0.15, 0.2) is 22.5 Å². The number of aryl methyl sites for hydroxylation is 2. The highest BCUT2D eigenvalue weighted by atomic mass is 32.2. The predicted molar refractivity (Wildman–Crippen MR) is 94.4 cm³/mol. The number of ketones is 1. The third-order valence-corrected chi connectivity index (χ3v) is 4.76. The Morgan fingerprint density at radius 1 is 1.25 bits per heavy atom. The van der Waals surface area contributed by atoms with Crippen molar-refractivity contribution in [2.24, 2.45) is 0 Å². The summed E-state index contributed by atoms with van der Waals surface area (Å²) in [5.74, 6) is 1.80. The standard InChI is InChI=1S/C18H19N3O2S/c1-4-21-17(16-6-5-9-23-16)19-20-18(21)24-11-15(22)14-8-7-12(2)10-13(14)3/h5-10H,4,11H2,1-3H3. The molecule has 0 fully saturated rings. The van der Waals surface area contributed by atoms with Gasteiger partial charge in [0.2, 0.25) is 0 Å². The van der Waals surface area contributed by atoms with Crippen LogP contribution in [0.5, 0.6) is 0 Å². The van der Waals surface area contributed by atoms with E-state index in [2.05, 4.69) is 10.2 Å². The van der Waals surface area contributed by atoms with E-state index < -0.39 is 0 Å². The molecule has 6 heteroatoms. The minimum atomic E-state index is 0.0997. The fourth-order valence-corrected chi connectivity index (χ4v) is 3.49. The van der Waals surface area contributed by atoms with Crippen LogP contribution in [0.25, 0.3) is 11.6 Å². The Morgan fingerprint density at radius 2 is 2.08 bits per heavy atom. The van der Waals surface area contributed by atoms with Crippen LogP contribution >= 0.6 is 11.8 Å². The first-order valence-corrected chi connectivity index (χ1v) is 8.79. The highest BCUT2D eigenvalue weighted by Gasteiger charge is 2.17. The lowest BCUT2D eigenvalue weighted by atomic mass is 10.0. The van der Waals surface area contributed by atoms with Crippen LogP contribution in [0.3, 0.4) is 0 Å². The van der Waals surface area contributed by atoms with Gasteiger partial charge in [0.25, 0.3) is 0 Å². The van der Waals surface area contributed by atoms with Crippen LogP contribution in [0, 0.1) is 13.8 Å². The summed E-state index contributed by atoms with van der Waals surface area (Å²) in [4.78, 5) is 12.5. The highest BCUT2D eigenvalue weighted by molar-refractivity contribution is 7.99. The Labute approximate surface area is 145 Å². The number of benzene rings is 1. The molecular formula is C18H19N3O2S. The van der Waals surface area contributed by atoms with Crippen LogP contribution < -0.4 is 0 Å². The third kappa shape index (κ3) is 3.28. The number of nitrogens with zero attached hydrogens (tertiary/aromatic N) is 3. The number of carbonyl (C=O) groups excluding carboxylic acids is 1. The van der Waals surface area contributed by atoms with Gasteiger partial charge in [-0.25, -0.2) is 0 Å². The molecule has 2 heterocycles. The molecule has 0 saturated heterocycles. The summed E-state index contributed by atoms with van der Waals surface area (Å²) in [6, 6.07) is 9.56. The van der Waals surface area contributed by atoms with E-state index >= 15 is 0 Å². The molecule has 0 unspecified atom stereocenters. The molecule has 0 saturated carbocycles. The number of hydrogen-bond acceptors (Lipinski definition) is 5. The second-order valence-electron chi connectivity index (χ2n) is 5.56. The van der Waals surface area contributed by atoms with Crippen LogP contribution in [-0.4, -0.2) is 26.3 Å². The molecule has 24 heavy (non-hydrogen) atoms. The zero-order valence-corrected chi connectivity index (χ0v) is 14.8. The van der Waals surface area contributed by atoms with Crippen molar-refractivity contribution < 1.29 is 9.21 Å². The largest absolute Gasteiger partial charge is 0.461 e. The number of Topliss-reactive ketones (excluding diaryl/α,β-unsaturated/α-hetero) is 1. The topological polar surface area (TPSA) is 60.9 Å². The number of furan rings is 1. The predicted octanol–water partition coefficient (Wildman–Crippen LogP) is 4.15. The Hall–Kier alpha value is -2.34. The maximum atomic E-state index is 12.5. The normalized spacial score (nSPS) is 11.0. The molecule has 0 bridgehead atoms. The smallest absolute Gasteiger partial charge is 0.200 e. The van der Waals surface area contributed by atoms with Crippen LogP contribution in [0.4, 0.5) is 0 Å². The Kier molecular flexibility index (Phi) is 4.85. The van der Waals surface area contributed by atoms with Crippen molar-refractivity contribution >= 4 is 17.5 Å². The van der Waals surface area contributed by atoms with E-state index in [1.807, 2.05) is 55.7 Å². The monoisotopic (exact) mass is 341 g/mol. The van der Waals surface area contributed by atoms with Crippen molar-refractivity contribution in [3.8, 4) is 11.6 Å². The molecule has 0 amide bonds. The van der Waals surface area contributed by atoms with Crippen molar-refractivity contribution in [1.29, 1.82) is 0 Å². The van der Waals surface area contributed by atoms with Crippen molar-refractivity contribution in [2.45, 2.75) is 32.5 Å². The van der Waals surface area contributed by atoms with Gasteiger partial charge in [-0.3, -0.25) is 9.36 Å². The van der Waals surface area contributed by atoms with Crippen LogP contribution in [0.15, 0.2) is 46.2 Å². The van der Waals surface area contributed by atoms with E-state index in [0.29, 0.717) is 23.9 Å². The summed E-state index contributed by atoms with van der Waals surface area (Å²) in [7, 11) is 0. The third-order valence-electron chi connectivity index (χ3n) is 3.79. The van der Waals surface area contributed by atoms with Gasteiger partial charge in [0.1, 0.15) is 0 Å². The number of rotatable bonds is 6. The van der Waals surface area contributed by atoms with Gasteiger partial charge in [-0.2, -0.15) is 0 Å².